The lowest BCUT2D eigenvalue weighted by molar-refractivity contribution is 0.246. The number of nitrogens with zero attached hydrogens (tertiary/aromatic N) is 3. The highest BCUT2D eigenvalue weighted by atomic mass is 19.1. The Labute approximate surface area is 162 Å². The third-order valence-corrected chi connectivity index (χ3v) is 4.84. The number of amides is 2. The number of carbonyl (C=O) groups is 1. The maximum Gasteiger partial charge on any atom is 0.320 e. The molecule has 0 saturated carbocycles. The van der Waals surface area contributed by atoms with Gasteiger partial charge in [0.25, 0.3) is 0 Å². The molecule has 1 atom stereocenters. The molecule has 1 aliphatic rings. The fourth-order valence-electron chi connectivity index (χ4n) is 3.49. The average Bonchev–Trinajstić information content (AvgIpc) is 3.33. The van der Waals surface area contributed by atoms with E-state index in [0.717, 1.165) is 19.4 Å². The first kappa shape index (κ1) is 18.1. The van der Waals surface area contributed by atoms with Crippen molar-refractivity contribution in [2.75, 3.05) is 23.3 Å². The minimum Gasteiger partial charge on any atom is -0.463 e. The summed E-state index contributed by atoms with van der Waals surface area (Å²) >= 11 is 0. The van der Waals surface area contributed by atoms with Crippen molar-refractivity contribution in [3.63, 3.8) is 0 Å². The molecule has 2 N–H and O–H groups in total. The number of piperidine rings is 1. The molecular formula is C20H22FN5O2. The Morgan fingerprint density at radius 1 is 1.29 bits per heavy atom. The van der Waals surface area contributed by atoms with E-state index in [-0.39, 0.29) is 17.9 Å². The van der Waals surface area contributed by atoms with Gasteiger partial charge >= 0.3 is 6.03 Å². The summed E-state index contributed by atoms with van der Waals surface area (Å²) in [5.41, 5.74) is 1.22. The molecule has 28 heavy (non-hydrogen) atoms. The molecule has 1 aliphatic heterocycles. The van der Waals surface area contributed by atoms with Crippen LogP contribution in [0.5, 0.6) is 0 Å². The Morgan fingerprint density at radius 3 is 2.93 bits per heavy atom. The van der Waals surface area contributed by atoms with Crippen molar-refractivity contribution in [2.24, 2.45) is 7.05 Å². The normalized spacial score (nSPS) is 16.8. The van der Waals surface area contributed by atoms with Crippen molar-refractivity contribution in [3.8, 4) is 11.5 Å². The summed E-state index contributed by atoms with van der Waals surface area (Å²) in [5, 5.41) is 10.1. The maximum absolute atomic E-state index is 14.1. The minimum absolute atomic E-state index is 0.0638. The molecule has 2 amide bonds. The summed E-state index contributed by atoms with van der Waals surface area (Å²) in [7, 11) is 1.75. The minimum atomic E-state index is -0.311. The lowest BCUT2D eigenvalue weighted by Crippen LogP contribution is -2.49. The highest BCUT2D eigenvalue weighted by molar-refractivity contribution is 5.89. The van der Waals surface area contributed by atoms with E-state index in [1.807, 2.05) is 17.0 Å². The SMILES string of the molecule is Cn1nc(-c2ccco2)cc1NC(=O)N[C@@H]1CCCN(c2ccccc2F)C1. The van der Waals surface area contributed by atoms with Crippen LogP contribution in [-0.2, 0) is 7.05 Å². The van der Waals surface area contributed by atoms with Crippen molar-refractivity contribution < 1.29 is 13.6 Å². The van der Waals surface area contributed by atoms with E-state index in [9.17, 15) is 9.18 Å². The fourth-order valence-corrected chi connectivity index (χ4v) is 3.49. The quantitative estimate of drug-likeness (QED) is 0.722. The van der Waals surface area contributed by atoms with Crippen molar-refractivity contribution in [1.29, 1.82) is 0 Å². The first-order valence-corrected chi connectivity index (χ1v) is 9.25. The third kappa shape index (κ3) is 3.85. The molecule has 0 spiro atoms. The second kappa shape index (κ2) is 7.75. The molecule has 0 aliphatic carbocycles. The Bertz CT molecular complexity index is 953. The smallest absolute Gasteiger partial charge is 0.320 e. The van der Waals surface area contributed by atoms with E-state index in [4.69, 9.17) is 4.42 Å². The second-order valence-corrected chi connectivity index (χ2v) is 6.85. The van der Waals surface area contributed by atoms with Gasteiger partial charge in [0.15, 0.2) is 5.76 Å². The summed E-state index contributed by atoms with van der Waals surface area (Å²) < 4.78 is 21.0. The molecule has 1 aromatic carbocycles. The number of urea groups is 1. The van der Waals surface area contributed by atoms with Gasteiger partial charge in [0.05, 0.1) is 12.0 Å². The Balaban J connectivity index is 1.38. The van der Waals surface area contributed by atoms with E-state index in [1.54, 1.807) is 42.3 Å². The first-order chi connectivity index (χ1) is 13.6. The van der Waals surface area contributed by atoms with Crippen LogP contribution in [0.1, 0.15) is 12.8 Å². The maximum atomic E-state index is 14.1. The molecule has 1 saturated heterocycles. The number of hydrogen-bond acceptors (Lipinski definition) is 4. The predicted octanol–water partition coefficient (Wildman–Crippen LogP) is 3.61. The Morgan fingerprint density at radius 2 is 2.14 bits per heavy atom. The van der Waals surface area contributed by atoms with Gasteiger partial charge in [-0.15, -0.1) is 0 Å². The third-order valence-electron chi connectivity index (χ3n) is 4.84. The van der Waals surface area contributed by atoms with Gasteiger partial charge < -0.3 is 14.6 Å². The van der Waals surface area contributed by atoms with E-state index >= 15 is 0 Å². The predicted molar refractivity (Wildman–Crippen MR) is 105 cm³/mol. The summed E-state index contributed by atoms with van der Waals surface area (Å²) in [6, 6.07) is 11.7. The van der Waals surface area contributed by atoms with Crippen LogP contribution in [0.15, 0.2) is 53.1 Å². The van der Waals surface area contributed by atoms with Crippen molar-refractivity contribution in [3.05, 3.63) is 54.5 Å². The number of rotatable bonds is 4. The number of aryl methyl sites for hydroxylation is 1. The Hall–Kier alpha value is -3.29. The number of anilines is 2. The van der Waals surface area contributed by atoms with Crippen LogP contribution < -0.4 is 15.5 Å². The molecular weight excluding hydrogens is 361 g/mol. The summed E-state index contributed by atoms with van der Waals surface area (Å²) in [4.78, 5) is 14.4. The number of hydrogen-bond donors (Lipinski definition) is 2. The average molecular weight is 383 g/mol. The number of nitrogens with one attached hydrogen (secondary N) is 2. The van der Waals surface area contributed by atoms with Crippen molar-refractivity contribution in [2.45, 2.75) is 18.9 Å². The molecule has 0 radical (unpaired) electrons. The fraction of sp³-hybridized carbons (Fsp3) is 0.300. The number of halogens is 1. The van der Waals surface area contributed by atoms with Crippen LogP contribution in [0.3, 0.4) is 0 Å². The molecule has 8 heteroatoms. The molecule has 146 valence electrons. The summed E-state index contributed by atoms with van der Waals surface area (Å²) in [6.07, 6.45) is 3.31. The van der Waals surface area contributed by atoms with Crippen LogP contribution in [0, 0.1) is 5.82 Å². The number of furan rings is 1. The van der Waals surface area contributed by atoms with Crippen molar-refractivity contribution in [1.82, 2.24) is 15.1 Å². The first-order valence-electron chi connectivity index (χ1n) is 9.25. The van der Waals surface area contributed by atoms with Gasteiger partial charge in [-0.2, -0.15) is 5.10 Å². The van der Waals surface area contributed by atoms with Gasteiger partial charge in [0.2, 0.25) is 0 Å². The molecule has 2 aromatic heterocycles. The molecule has 7 nitrogen and oxygen atoms in total. The molecule has 0 unspecified atom stereocenters. The molecule has 1 fully saturated rings. The molecule has 4 rings (SSSR count). The number of para-hydroxylation sites is 1. The molecule has 0 bridgehead atoms. The highest BCUT2D eigenvalue weighted by Crippen LogP contribution is 2.24. The lowest BCUT2D eigenvalue weighted by Gasteiger charge is -2.34. The van der Waals surface area contributed by atoms with Crippen LogP contribution in [-0.4, -0.2) is 34.9 Å². The van der Waals surface area contributed by atoms with E-state index in [2.05, 4.69) is 15.7 Å². The Kier molecular flexibility index (Phi) is 5.01. The highest BCUT2D eigenvalue weighted by Gasteiger charge is 2.23. The zero-order chi connectivity index (χ0) is 19.5. The van der Waals surface area contributed by atoms with Crippen LogP contribution in [0.25, 0.3) is 11.5 Å². The van der Waals surface area contributed by atoms with Gasteiger partial charge in [0, 0.05) is 32.2 Å². The number of benzene rings is 1. The zero-order valence-corrected chi connectivity index (χ0v) is 15.6. The van der Waals surface area contributed by atoms with Crippen molar-refractivity contribution >= 4 is 17.5 Å². The van der Waals surface area contributed by atoms with Gasteiger partial charge in [-0.05, 0) is 37.1 Å². The summed E-state index contributed by atoms with van der Waals surface area (Å²) in [5.74, 6) is 0.954. The standard InChI is InChI=1S/C20H22FN5O2/c1-25-19(12-16(24-25)18-9-5-11-28-18)23-20(27)22-14-6-4-10-26(13-14)17-8-3-2-7-15(17)21/h2-3,5,7-9,11-12,14H,4,6,10,13H2,1H3,(H2,22,23,27)/t14-/m1/s1. The molecule has 3 heterocycles. The molecule has 3 aromatic rings. The van der Waals surface area contributed by atoms with E-state index in [0.29, 0.717) is 29.5 Å². The zero-order valence-electron chi connectivity index (χ0n) is 15.6. The monoisotopic (exact) mass is 383 g/mol. The lowest BCUT2D eigenvalue weighted by atomic mass is 10.0. The van der Waals surface area contributed by atoms with E-state index in [1.165, 1.54) is 6.07 Å². The van der Waals surface area contributed by atoms with Gasteiger partial charge in [-0.3, -0.25) is 10.00 Å². The van der Waals surface area contributed by atoms with Crippen LogP contribution in [0.2, 0.25) is 0 Å². The van der Waals surface area contributed by atoms with Crippen LogP contribution >= 0.6 is 0 Å². The van der Waals surface area contributed by atoms with Crippen LogP contribution in [0.4, 0.5) is 20.7 Å². The van der Waals surface area contributed by atoms with E-state index < -0.39 is 0 Å². The van der Waals surface area contributed by atoms with Gasteiger partial charge in [0.1, 0.15) is 17.3 Å². The van der Waals surface area contributed by atoms with Gasteiger partial charge in [-0.1, -0.05) is 12.1 Å². The largest absolute Gasteiger partial charge is 0.463 e. The van der Waals surface area contributed by atoms with Gasteiger partial charge in [-0.25, -0.2) is 9.18 Å². The topological polar surface area (TPSA) is 75.3 Å². The second-order valence-electron chi connectivity index (χ2n) is 6.85. The number of carbonyl (C=O) groups excluding carboxylic acids is 1. The number of aromatic nitrogens is 2. The summed E-state index contributed by atoms with van der Waals surface area (Å²) in [6.45, 7) is 1.34.